The van der Waals surface area contributed by atoms with E-state index in [0.29, 0.717) is 6.42 Å². The molecule has 0 radical (unpaired) electrons. The Labute approximate surface area is 220 Å². The van der Waals surface area contributed by atoms with Gasteiger partial charge in [0, 0.05) is 20.3 Å². The van der Waals surface area contributed by atoms with Crippen molar-refractivity contribution in [2.45, 2.75) is 38.6 Å². The highest BCUT2D eigenvalue weighted by atomic mass is 28.3. The first-order valence-electron chi connectivity index (χ1n) is 12.5. The van der Waals surface area contributed by atoms with Crippen molar-refractivity contribution >= 4 is 29.6 Å². The predicted octanol–water partition coefficient (Wildman–Crippen LogP) is 4.30. The summed E-state index contributed by atoms with van der Waals surface area (Å²) < 4.78 is 12.1. The fourth-order valence-corrected chi connectivity index (χ4v) is 9.00. The zero-order valence-corrected chi connectivity index (χ0v) is 22.4. The van der Waals surface area contributed by atoms with E-state index in [1.165, 1.54) is 0 Å². The number of hydrogen-bond acceptors (Lipinski definition) is 3. The molecule has 1 aliphatic rings. The van der Waals surface area contributed by atoms with Crippen molar-refractivity contribution < 1.29 is 14.3 Å². The van der Waals surface area contributed by atoms with Crippen molar-refractivity contribution in [3.05, 3.63) is 126 Å². The molecule has 1 fully saturated rings. The van der Waals surface area contributed by atoms with Crippen LogP contribution in [0.4, 0.5) is 0 Å². The molecule has 0 amide bonds. The van der Waals surface area contributed by atoms with E-state index in [4.69, 9.17) is 9.47 Å². The minimum absolute atomic E-state index is 0.312. The Hall–Kier alpha value is -3.91. The molecule has 1 aliphatic heterocycles. The van der Waals surface area contributed by atoms with Crippen LogP contribution in [0.1, 0.15) is 25.0 Å². The highest BCUT2D eigenvalue weighted by Gasteiger charge is 2.54. The quantitative estimate of drug-likeness (QED) is 0.177. The highest BCUT2D eigenvalue weighted by molar-refractivity contribution is 7.16. The minimum Gasteiger partial charge on any atom is -0.431 e. The number of carbonyl (C=O) groups excluding carboxylic acids is 1. The fraction of sp³-hybridized carbons (Fsp3) is 0.182. The van der Waals surface area contributed by atoms with Crippen LogP contribution in [0.2, 0.25) is 0 Å². The highest BCUT2D eigenvalue weighted by Crippen LogP contribution is 2.35. The Balaban J connectivity index is 1.77. The van der Waals surface area contributed by atoms with Crippen LogP contribution >= 0.6 is 0 Å². The maximum absolute atomic E-state index is 13.5. The molecule has 1 atom stereocenters. The Morgan fingerprint density at radius 3 is 1.68 bits per heavy atom. The van der Waals surface area contributed by atoms with Gasteiger partial charge in [0.25, 0.3) is 0 Å². The second-order valence-electron chi connectivity index (χ2n) is 9.98. The number of cyclic esters (lactones) is 1. The lowest BCUT2D eigenvalue weighted by atomic mass is 9.94. The maximum atomic E-state index is 13.5. The van der Waals surface area contributed by atoms with Crippen LogP contribution in [0.25, 0.3) is 0 Å². The lowest BCUT2D eigenvalue weighted by molar-refractivity contribution is -0.162. The Kier molecular flexibility index (Phi) is 6.60. The zero-order chi connectivity index (χ0) is 25.9. The van der Waals surface area contributed by atoms with Gasteiger partial charge >= 0.3 is 5.97 Å². The minimum atomic E-state index is -2.89. The smallest absolute Gasteiger partial charge is 0.354 e. The average Bonchev–Trinajstić information content (AvgIpc) is 3.13. The van der Waals surface area contributed by atoms with Crippen molar-refractivity contribution in [3.63, 3.8) is 0 Å². The number of rotatable bonds is 5. The fourth-order valence-electron chi connectivity index (χ4n) is 5.10. The molecule has 0 bridgehead atoms. The standard InChI is InChI=1S/C33H30O3Si/c1-26-14-13-15-27(24-26)25-33(31(34)35-32(2,3)36-33)22-23-37(28-16-7-4-8-17-28,29-18-9-5-10-19-29)30-20-11-6-12-21-30/h4-21,24H,25H2,1-3H3/t33-/m0/s1. The third kappa shape index (κ3) is 4.89. The molecule has 4 aromatic rings. The van der Waals surface area contributed by atoms with Gasteiger partial charge in [-0.1, -0.05) is 127 Å². The summed E-state index contributed by atoms with van der Waals surface area (Å²) in [5, 5.41) is 3.45. The molecule has 37 heavy (non-hydrogen) atoms. The average molecular weight is 503 g/mol. The Morgan fingerprint density at radius 1 is 0.730 bits per heavy atom. The molecule has 0 spiro atoms. The number of hydrogen-bond donors (Lipinski definition) is 0. The van der Waals surface area contributed by atoms with E-state index in [1.54, 1.807) is 13.8 Å². The molecule has 1 heterocycles. The predicted molar refractivity (Wildman–Crippen MR) is 151 cm³/mol. The third-order valence-corrected chi connectivity index (χ3v) is 10.8. The number of ether oxygens (including phenoxy) is 2. The van der Waals surface area contributed by atoms with E-state index >= 15 is 0 Å². The normalized spacial score (nSPS) is 18.5. The maximum Gasteiger partial charge on any atom is 0.354 e. The Bertz CT molecular complexity index is 1360. The molecule has 0 saturated carbocycles. The lowest BCUT2D eigenvalue weighted by Gasteiger charge is -2.29. The van der Waals surface area contributed by atoms with E-state index in [9.17, 15) is 4.79 Å². The lowest BCUT2D eigenvalue weighted by Crippen LogP contribution is -2.66. The van der Waals surface area contributed by atoms with Gasteiger partial charge in [-0.2, -0.15) is 0 Å². The summed E-state index contributed by atoms with van der Waals surface area (Å²) in [6.45, 7) is 5.57. The monoisotopic (exact) mass is 502 g/mol. The molecule has 0 aromatic heterocycles. The van der Waals surface area contributed by atoms with Crippen molar-refractivity contribution in [1.82, 2.24) is 0 Å². The first-order chi connectivity index (χ1) is 17.8. The molecule has 0 N–H and O–H groups in total. The van der Waals surface area contributed by atoms with E-state index in [-0.39, 0.29) is 0 Å². The largest absolute Gasteiger partial charge is 0.431 e. The molecule has 3 nitrogen and oxygen atoms in total. The third-order valence-electron chi connectivity index (χ3n) is 6.70. The Morgan fingerprint density at radius 2 is 1.24 bits per heavy atom. The van der Waals surface area contributed by atoms with Gasteiger partial charge in [0.15, 0.2) is 0 Å². The summed E-state index contributed by atoms with van der Waals surface area (Å²) in [7, 11) is -2.89. The SMILES string of the molecule is Cc1cccc(C[C@]2(C#C[Si](c3ccccc3)(c3ccccc3)c3ccccc3)OC(C)(C)OC2=O)c1. The molecule has 184 valence electrons. The first-order valence-corrected chi connectivity index (χ1v) is 14.5. The van der Waals surface area contributed by atoms with Crippen molar-refractivity contribution in [1.29, 1.82) is 0 Å². The van der Waals surface area contributed by atoms with E-state index in [2.05, 4.69) is 90.3 Å². The zero-order valence-electron chi connectivity index (χ0n) is 21.4. The summed E-state index contributed by atoms with van der Waals surface area (Å²) in [5.41, 5.74) is 4.42. The van der Waals surface area contributed by atoms with Gasteiger partial charge in [0.2, 0.25) is 19.5 Å². The van der Waals surface area contributed by atoms with Gasteiger partial charge < -0.3 is 9.47 Å². The molecular weight excluding hydrogens is 472 g/mol. The number of aryl methyl sites for hydroxylation is 1. The van der Waals surface area contributed by atoms with Crippen LogP contribution in [-0.4, -0.2) is 25.4 Å². The van der Waals surface area contributed by atoms with Crippen molar-refractivity contribution in [2.24, 2.45) is 0 Å². The number of benzene rings is 4. The van der Waals surface area contributed by atoms with Gasteiger partial charge in [-0.15, -0.1) is 5.54 Å². The van der Waals surface area contributed by atoms with Crippen LogP contribution < -0.4 is 15.6 Å². The topological polar surface area (TPSA) is 35.5 Å². The van der Waals surface area contributed by atoms with Gasteiger partial charge in [-0.3, -0.25) is 0 Å². The van der Waals surface area contributed by atoms with Gasteiger partial charge in [0.05, 0.1) is 0 Å². The number of carbonyl (C=O) groups is 1. The van der Waals surface area contributed by atoms with Gasteiger partial charge in [0.1, 0.15) is 0 Å². The molecule has 4 aromatic carbocycles. The molecular formula is C33H30O3Si. The molecule has 1 saturated heterocycles. The second kappa shape index (κ2) is 9.86. The van der Waals surface area contributed by atoms with Gasteiger partial charge in [-0.25, -0.2) is 4.79 Å². The van der Waals surface area contributed by atoms with Crippen LogP contribution in [0.15, 0.2) is 115 Å². The van der Waals surface area contributed by atoms with Crippen LogP contribution in [-0.2, 0) is 20.7 Å². The van der Waals surface area contributed by atoms with Crippen LogP contribution in [0.3, 0.4) is 0 Å². The van der Waals surface area contributed by atoms with Crippen molar-refractivity contribution in [3.8, 4) is 11.5 Å². The van der Waals surface area contributed by atoms with E-state index in [1.807, 2.05) is 43.3 Å². The summed E-state index contributed by atoms with van der Waals surface area (Å²) in [4.78, 5) is 13.5. The summed E-state index contributed by atoms with van der Waals surface area (Å²) >= 11 is 0. The van der Waals surface area contributed by atoms with Crippen LogP contribution in [0, 0.1) is 18.4 Å². The molecule has 4 heteroatoms. The summed E-state index contributed by atoms with van der Waals surface area (Å²) in [5.74, 6) is 1.92. The first kappa shape index (κ1) is 24.8. The molecule has 5 rings (SSSR count). The van der Waals surface area contributed by atoms with E-state index < -0.39 is 25.4 Å². The second-order valence-corrected chi connectivity index (χ2v) is 13.5. The summed E-state index contributed by atoms with van der Waals surface area (Å²) in [6, 6.07) is 39.4. The molecule has 0 unspecified atom stereocenters. The van der Waals surface area contributed by atoms with Crippen molar-refractivity contribution in [2.75, 3.05) is 0 Å². The molecule has 0 aliphatic carbocycles. The summed E-state index contributed by atoms with van der Waals surface area (Å²) in [6.07, 6.45) is 0.312. The van der Waals surface area contributed by atoms with E-state index in [0.717, 1.165) is 26.7 Å². The van der Waals surface area contributed by atoms with Gasteiger partial charge in [-0.05, 0) is 28.0 Å². The van der Waals surface area contributed by atoms with Crippen LogP contribution in [0.5, 0.6) is 0 Å². The number of esters is 1.